The van der Waals surface area contributed by atoms with Crippen LogP contribution in [0.1, 0.15) is 35.5 Å². The van der Waals surface area contributed by atoms with E-state index in [2.05, 4.69) is 20.3 Å². The second-order valence-corrected chi connectivity index (χ2v) is 9.58. The van der Waals surface area contributed by atoms with E-state index in [1.54, 1.807) is 16.5 Å². The van der Waals surface area contributed by atoms with Gasteiger partial charge in [0.25, 0.3) is 5.56 Å². The Labute approximate surface area is 181 Å². The van der Waals surface area contributed by atoms with Crippen LogP contribution in [-0.4, -0.2) is 44.8 Å². The number of fused-ring (bicyclic) bond motifs is 1. The number of carbonyl (C=O) groups excluding carboxylic acids is 2. The maximum Gasteiger partial charge on any atom is 0.259 e. The van der Waals surface area contributed by atoms with Gasteiger partial charge in [-0.25, -0.2) is 9.97 Å². The lowest BCUT2D eigenvalue weighted by Gasteiger charge is -2.32. The Morgan fingerprint density at radius 1 is 1.37 bits per heavy atom. The molecule has 158 valence electrons. The van der Waals surface area contributed by atoms with Crippen molar-refractivity contribution < 1.29 is 9.59 Å². The van der Waals surface area contributed by atoms with Crippen molar-refractivity contribution in [3.63, 3.8) is 0 Å². The van der Waals surface area contributed by atoms with Crippen LogP contribution >= 0.6 is 22.7 Å². The molecule has 4 rings (SSSR count). The number of rotatable bonds is 5. The molecule has 2 amide bonds. The quantitative estimate of drug-likeness (QED) is 0.628. The van der Waals surface area contributed by atoms with Crippen molar-refractivity contribution in [1.29, 1.82) is 0 Å². The van der Waals surface area contributed by atoms with Gasteiger partial charge in [-0.15, -0.1) is 22.7 Å². The lowest BCUT2D eigenvalue weighted by atomic mass is 9.97. The summed E-state index contributed by atoms with van der Waals surface area (Å²) in [5.41, 5.74) is 0.808. The molecule has 1 aliphatic rings. The summed E-state index contributed by atoms with van der Waals surface area (Å²) >= 11 is 2.87. The van der Waals surface area contributed by atoms with E-state index in [0.29, 0.717) is 40.7 Å². The van der Waals surface area contributed by atoms with Gasteiger partial charge in [-0.2, -0.15) is 0 Å². The van der Waals surface area contributed by atoms with Crippen molar-refractivity contribution in [1.82, 2.24) is 19.9 Å². The molecule has 3 aromatic rings. The van der Waals surface area contributed by atoms with Crippen molar-refractivity contribution in [3.05, 3.63) is 38.2 Å². The number of anilines is 1. The molecule has 1 atom stereocenters. The summed E-state index contributed by atoms with van der Waals surface area (Å²) in [4.78, 5) is 52.6. The predicted octanol–water partition coefficient (Wildman–Crippen LogP) is 2.87. The minimum Gasteiger partial charge on any atom is -0.342 e. The van der Waals surface area contributed by atoms with E-state index >= 15 is 0 Å². The van der Waals surface area contributed by atoms with Crippen molar-refractivity contribution in [2.24, 2.45) is 5.92 Å². The molecule has 10 heteroatoms. The van der Waals surface area contributed by atoms with Gasteiger partial charge in [-0.1, -0.05) is 0 Å². The lowest BCUT2D eigenvalue weighted by Crippen LogP contribution is -2.43. The Bertz CT molecular complexity index is 1140. The van der Waals surface area contributed by atoms with Gasteiger partial charge in [0.15, 0.2) is 5.13 Å². The highest BCUT2D eigenvalue weighted by molar-refractivity contribution is 7.18. The van der Waals surface area contributed by atoms with Crippen LogP contribution in [0, 0.1) is 19.8 Å². The zero-order chi connectivity index (χ0) is 21.3. The molecule has 3 aromatic heterocycles. The number of aromatic amines is 1. The molecule has 0 saturated carbocycles. The standard InChI is InChI=1S/C20H23N5O3S2/c1-11-12(2)30-19-16(11)18(28)22-14(23-19)5-6-15(26)25-8-3-4-13(10-25)17(27)24-20-21-7-9-29-20/h7,9,13H,3-6,8,10H2,1-2H3,(H,21,24,27)(H,22,23,28)/t13-/m0/s1. The van der Waals surface area contributed by atoms with Crippen molar-refractivity contribution in [2.75, 3.05) is 18.4 Å². The number of thiophene rings is 1. The van der Waals surface area contributed by atoms with Gasteiger partial charge in [0, 0.05) is 42.4 Å². The summed E-state index contributed by atoms with van der Waals surface area (Å²) in [7, 11) is 0. The average Bonchev–Trinajstić information content (AvgIpc) is 3.34. The maximum atomic E-state index is 12.7. The SMILES string of the molecule is Cc1sc2nc(CCC(=O)N3CCC[C@H](C(=O)Nc4nccs4)C3)[nH]c(=O)c2c1C. The van der Waals surface area contributed by atoms with Gasteiger partial charge in [-0.05, 0) is 32.3 Å². The third kappa shape index (κ3) is 4.29. The number of H-pyrrole nitrogens is 1. The summed E-state index contributed by atoms with van der Waals surface area (Å²) in [5.74, 6) is 0.167. The molecule has 0 bridgehead atoms. The first-order chi connectivity index (χ1) is 14.4. The number of likely N-dealkylation sites (tertiary alicyclic amines) is 1. The number of aryl methyl sites for hydroxylation is 3. The van der Waals surface area contributed by atoms with Crippen LogP contribution in [0.5, 0.6) is 0 Å². The molecule has 1 saturated heterocycles. The summed E-state index contributed by atoms with van der Waals surface area (Å²) in [6.07, 6.45) is 3.80. The van der Waals surface area contributed by atoms with Crippen LogP contribution in [0.25, 0.3) is 10.2 Å². The highest BCUT2D eigenvalue weighted by atomic mass is 32.1. The number of nitrogens with one attached hydrogen (secondary N) is 2. The largest absolute Gasteiger partial charge is 0.342 e. The van der Waals surface area contributed by atoms with Gasteiger partial charge < -0.3 is 15.2 Å². The second-order valence-electron chi connectivity index (χ2n) is 7.48. The number of nitrogens with zero attached hydrogens (tertiary/aromatic N) is 3. The molecule has 1 aliphatic heterocycles. The lowest BCUT2D eigenvalue weighted by molar-refractivity contribution is -0.134. The smallest absolute Gasteiger partial charge is 0.259 e. The third-order valence-electron chi connectivity index (χ3n) is 5.47. The molecule has 8 nitrogen and oxygen atoms in total. The first kappa shape index (κ1) is 20.7. The predicted molar refractivity (Wildman–Crippen MR) is 118 cm³/mol. The molecule has 1 fully saturated rings. The van der Waals surface area contributed by atoms with E-state index in [4.69, 9.17) is 0 Å². The summed E-state index contributed by atoms with van der Waals surface area (Å²) in [6.45, 7) is 4.95. The number of thiazole rings is 1. The Balaban J connectivity index is 1.37. The Kier molecular flexibility index (Phi) is 5.96. The van der Waals surface area contributed by atoms with Gasteiger partial charge >= 0.3 is 0 Å². The summed E-state index contributed by atoms with van der Waals surface area (Å²) in [5, 5.41) is 5.84. The topological polar surface area (TPSA) is 108 Å². The van der Waals surface area contributed by atoms with E-state index < -0.39 is 0 Å². The van der Waals surface area contributed by atoms with Gasteiger partial charge in [0.2, 0.25) is 11.8 Å². The first-order valence-corrected chi connectivity index (χ1v) is 11.6. The summed E-state index contributed by atoms with van der Waals surface area (Å²) < 4.78 is 0. The fourth-order valence-electron chi connectivity index (χ4n) is 3.71. The highest BCUT2D eigenvalue weighted by Gasteiger charge is 2.28. The van der Waals surface area contributed by atoms with Crippen LogP contribution in [0.2, 0.25) is 0 Å². The molecule has 0 aromatic carbocycles. The highest BCUT2D eigenvalue weighted by Crippen LogP contribution is 2.26. The van der Waals surface area contributed by atoms with Crippen LogP contribution < -0.4 is 10.9 Å². The van der Waals surface area contributed by atoms with E-state index in [9.17, 15) is 14.4 Å². The number of aromatic nitrogens is 3. The first-order valence-electron chi connectivity index (χ1n) is 9.89. The third-order valence-corrected chi connectivity index (χ3v) is 7.26. The second kappa shape index (κ2) is 8.65. The van der Waals surface area contributed by atoms with Crippen LogP contribution in [-0.2, 0) is 16.0 Å². The molecular weight excluding hydrogens is 422 g/mol. The molecule has 4 heterocycles. The minimum absolute atomic E-state index is 0.0250. The monoisotopic (exact) mass is 445 g/mol. The summed E-state index contributed by atoms with van der Waals surface area (Å²) in [6, 6.07) is 0. The molecule has 0 aliphatic carbocycles. The molecule has 0 radical (unpaired) electrons. The molecule has 0 spiro atoms. The van der Waals surface area contributed by atoms with Crippen molar-refractivity contribution >= 4 is 49.8 Å². The molecule has 0 unspecified atom stereocenters. The number of hydrogen-bond acceptors (Lipinski definition) is 7. The van der Waals surface area contributed by atoms with E-state index in [1.807, 2.05) is 13.8 Å². The van der Waals surface area contributed by atoms with E-state index in [1.165, 1.54) is 22.7 Å². The maximum absolute atomic E-state index is 12.7. The zero-order valence-electron chi connectivity index (χ0n) is 16.9. The van der Waals surface area contributed by atoms with Crippen molar-refractivity contribution in [3.8, 4) is 0 Å². The van der Waals surface area contributed by atoms with Gasteiger partial charge in [0.1, 0.15) is 10.7 Å². The fraction of sp³-hybridized carbons (Fsp3) is 0.450. The van der Waals surface area contributed by atoms with Crippen LogP contribution in [0.4, 0.5) is 5.13 Å². The number of piperidine rings is 1. The zero-order valence-corrected chi connectivity index (χ0v) is 18.5. The Morgan fingerprint density at radius 2 is 2.20 bits per heavy atom. The number of carbonyl (C=O) groups is 2. The van der Waals surface area contributed by atoms with Gasteiger partial charge in [-0.3, -0.25) is 14.4 Å². The minimum atomic E-state index is -0.238. The normalized spacial score (nSPS) is 16.7. The van der Waals surface area contributed by atoms with Crippen LogP contribution in [0.15, 0.2) is 16.4 Å². The molecular formula is C20H23N5O3S2. The van der Waals surface area contributed by atoms with Crippen LogP contribution in [0.3, 0.4) is 0 Å². The van der Waals surface area contributed by atoms with Gasteiger partial charge in [0.05, 0.1) is 11.3 Å². The Hall–Kier alpha value is -2.59. The molecule has 30 heavy (non-hydrogen) atoms. The van der Waals surface area contributed by atoms with E-state index in [0.717, 1.165) is 23.3 Å². The average molecular weight is 446 g/mol. The van der Waals surface area contributed by atoms with Crippen molar-refractivity contribution in [2.45, 2.75) is 39.5 Å². The van der Waals surface area contributed by atoms with E-state index in [-0.39, 0.29) is 29.7 Å². The number of hydrogen-bond donors (Lipinski definition) is 2. The Morgan fingerprint density at radius 3 is 2.97 bits per heavy atom. The fourth-order valence-corrected chi connectivity index (χ4v) is 5.29. The number of amides is 2. The molecule has 2 N–H and O–H groups in total.